The molecule has 9 nitrogen and oxygen atoms in total. The monoisotopic (exact) mass is 448 g/mol. The molecule has 2 heterocycles. The second-order valence-electron chi connectivity index (χ2n) is 6.39. The minimum absolute atomic E-state index is 0.0973. The number of nitrogens with one attached hydrogen (secondary N) is 1. The maximum atomic E-state index is 12.7. The molecule has 0 atom stereocenters. The van der Waals surface area contributed by atoms with Crippen molar-refractivity contribution in [2.75, 3.05) is 31.6 Å². The molecular weight excluding hydrogens is 432 g/mol. The fourth-order valence-corrected chi connectivity index (χ4v) is 4.53. The van der Waals surface area contributed by atoms with E-state index in [4.69, 9.17) is 20.8 Å². The van der Waals surface area contributed by atoms with E-state index in [0.717, 1.165) is 0 Å². The lowest BCUT2D eigenvalue weighted by Gasteiger charge is -2.26. The molecule has 1 aromatic heterocycles. The van der Waals surface area contributed by atoms with Crippen LogP contribution in [0.15, 0.2) is 57.8 Å². The van der Waals surface area contributed by atoms with Crippen LogP contribution in [0.3, 0.4) is 0 Å². The van der Waals surface area contributed by atoms with Crippen LogP contribution in [0.4, 0.5) is 6.01 Å². The zero-order valence-corrected chi connectivity index (χ0v) is 17.2. The molecule has 0 bridgehead atoms. The summed E-state index contributed by atoms with van der Waals surface area (Å²) in [5, 5.41) is 10.6. The predicted octanol–water partition coefficient (Wildman–Crippen LogP) is 2.66. The van der Waals surface area contributed by atoms with Crippen LogP contribution in [-0.2, 0) is 14.8 Å². The van der Waals surface area contributed by atoms with Gasteiger partial charge in [-0.15, -0.1) is 5.10 Å². The first-order valence-electron chi connectivity index (χ1n) is 9.03. The molecule has 0 radical (unpaired) electrons. The fraction of sp³-hybridized carbons (Fsp3) is 0.211. The van der Waals surface area contributed by atoms with Crippen molar-refractivity contribution in [2.45, 2.75) is 4.90 Å². The summed E-state index contributed by atoms with van der Waals surface area (Å²) in [5.74, 6) is -0.345. The molecule has 1 fully saturated rings. The van der Waals surface area contributed by atoms with Crippen LogP contribution in [0.2, 0.25) is 5.02 Å². The molecule has 3 aromatic rings. The van der Waals surface area contributed by atoms with Crippen LogP contribution in [-0.4, -0.2) is 55.1 Å². The van der Waals surface area contributed by atoms with Gasteiger partial charge in [0.1, 0.15) is 0 Å². The molecule has 0 saturated carbocycles. The quantitative estimate of drug-likeness (QED) is 0.638. The third kappa shape index (κ3) is 4.21. The van der Waals surface area contributed by atoms with E-state index in [1.165, 1.54) is 28.6 Å². The van der Waals surface area contributed by atoms with Gasteiger partial charge in [0.25, 0.3) is 11.8 Å². The standard InChI is InChI=1S/C19H17ClN4O5S/c20-16-4-2-1-3-15(16)18-22-23-19(29-18)21-17(25)13-5-7-14(8-6-13)30(26,27)24-9-11-28-12-10-24/h1-8H,9-12H2,(H,21,23,25). The van der Waals surface area contributed by atoms with Crippen molar-refractivity contribution >= 4 is 33.5 Å². The lowest BCUT2D eigenvalue weighted by molar-refractivity contribution is 0.0730. The van der Waals surface area contributed by atoms with Crippen molar-refractivity contribution < 1.29 is 22.4 Å². The summed E-state index contributed by atoms with van der Waals surface area (Å²) in [6, 6.07) is 12.5. The molecule has 1 saturated heterocycles. The molecule has 0 spiro atoms. The Kier molecular flexibility index (Phi) is 5.82. The van der Waals surface area contributed by atoms with Gasteiger partial charge in [-0.05, 0) is 36.4 Å². The molecular formula is C19H17ClN4O5S. The molecule has 4 rings (SSSR count). The van der Waals surface area contributed by atoms with Crippen LogP contribution >= 0.6 is 11.6 Å². The Hall–Kier alpha value is -2.79. The first-order chi connectivity index (χ1) is 14.4. The predicted molar refractivity (Wildman–Crippen MR) is 109 cm³/mol. The van der Waals surface area contributed by atoms with E-state index in [-0.39, 0.29) is 22.4 Å². The number of morpholine rings is 1. The number of hydrogen-bond acceptors (Lipinski definition) is 7. The molecule has 30 heavy (non-hydrogen) atoms. The third-order valence-corrected chi connectivity index (χ3v) is 6.72. The number of benzene rings is 2. The molecule has 1 N–H and O–H groups in total. The normalized spacial score (nSPS) is 15.1. The Morgan fingerprint density at radius 3 is 2.43 bits per heavy atom. The Morgan fingerprint density at radius 2 is 1.73 bits per heavy atom. The summed E-state index contributed by atoms with van der Waals surface area (Å²) in [4.78, 5) is 12.6. The Labute approximate surface area is 177 Å². The number of carbonyl (C=O) groups is 1. The minimum Gasteiger partial charge on any atom is -0.403 e. The zero-order valence-electron chi connectivity index (χ0n) is 15.6. The number of amides is 1. The van der Waals surface area contributed by atoms with E-state index in [1.54, 1.807) is 24.3 Å². The molecule has 0 aliphatic carbocycles. The van der Waals surface area contributed by atoms with Crippen molar-refractivity contribution in [3.8, 4) is 11.5 Å². The van der Waals surface area contributed by atoms with Gasteiger partial charge in [-0.1, -0.05) is 28.8 Å². The van der Waals surface area contributed by atoms with E-state index in [0.29, 0.717) is 36.9 Å². The summed E-state index contributed by atoms with van der Waals surface area (Å²) in [6.07, 6.45) is 0. The largest absolute Gasteiger partial charge is 0.403 e. The van der Waals surface area contributed by atoms with Crippen LogP contribution in [0.25, 0.3) is 11.5 Å². The van der Waals surface area contributed by atoms with Gasteiger partial charge >= 0.3 is 6.01 Å². The summed E-state index contributed by atoms with van der Waals surface area (Å²) in [7, 11) is -3.63. The van der Waals surface area contributed by atoms with E-state index in [1.807, 2.05) is 0 Å². The van der Waals surface area contributed by atoms with Crippen LogP contribution in [0, 0.1) is 0 Å². The van der Waals surface area contributed by atoms with E-state index in [2.05, 4.69) is 15.5 Å². The number of rotatable bonds is 5. The Balaban J connectivity index is 1.46. The number of ether oxygens (including phenoxy) is 1. The van der Waals surface area contributed by atoms with Crippen molar-refractivity contribution in [1.29, 1.82) is 0 Å². The molecule has 11 heteroatoms. The second kappa shape index (κ2) is 8.52. The van der Waals surface area contributed by atoms with Gasteiger partial charge in [-0.3, -0.25) is 10.1 Å². The smallest absolute Gasteiger partial charge is 0.322 e. The topological polar surface area (TPSA) is 115 Å². The molecule has 1 amide bonds. The van der Waals surface area contributed by atoms with E-state index < -0.39 is 15.9 Å². The number of hydrogen-bond donors (Lipinski definition) is 1. The Morgan fingerprint density at radius 1 is 1.03 bits per heavy atom. The molecule has 0 unspecified atom stereocenters. The Bertz CT molecular complexity index is 1160. The highest BCUT2D eigenvalue weighted by molar-refractivity contribution is 7.89. The lowest BCUT2D eigenvalue weighted by atomic mass is 10.2. The van der Waals surface area contributed by atoms with E-state index in [9.17, 15) is 13.2 Å². The van der Waals surface area contributed by atoms with Gasteiger partial charge in [0.2, 0.25) is 10.0 Å². The van der Waals surface area contributed by atoms with Gasteiger partial charge in [-0.25, -0.2) is 8.42 Å². The van der Waals surface area contributed by atoms with Crippen LogP contribution in [0.5, 0.6) is 0 Å². The third-order valence-electron chi connectivity index (χ3n) is 4.47. The maximum Gasteiger partial charge on any atom is 0.322 e. The summed E-state index contributed by atoms with van der Waals surface area (Å²) >= 11 is 6.10. The fourth-order valence-electron chi connectivity index (χ4n) is 2.90. The highest BCUT2D eigenvalue weighted by Gasteiger charge is 2.26. The summed E-state index contributed by atoms with van der Waals surface area (Å²) in [6.45, 7) is 1.32. The number of nitrogens with zero attached hydrogens (tertiary/aromatic N) is 3. The average Bonchev–Trinajstić information content (AvgIpc) is 3.23. The second-order valence-corrected chi connectivity index (χ2v) is 8.73. The number of carbonyl (C=O) groups excluding carboxylic acids is 1. The number of anilines is 1. The van der Waals surface area contributed by atoms with Gasteiger partial charge in [-0.2, -0.15) is 4.31 Å². The SMILES string of the molecule is O=C(Nc1nnc(-c2ccccc2Cl)o1)c1ccc(S(=O)(=O)N2CCOCC2)cc1. The van der Waals surface area contributed by atoms with Gasteiger partial charge in [0.15, 0.2) is 0 Å². The first kappa shape index (κ1) is 20.5. The lowest BCUT2D eigenvalue weighted by Crippen LogP contribution is -2.40. The number of halogens is 1. The van der Waals surface area contributed by atoms with Gasteiger partial charge < -0.3 is 9.15 Å². The summed E-state index contributed by atoms with van der Waals surface area (Å²) < 4.78 is 37.3. The first-order valence-corrected chi connectivity index (χ1v) is 10.8. The molecule has 1 aliphatic heterocycles. The van der Waals surface area contributed by atoms with Crippen molar-refractivity contribution in [3.05, 3.63) is 59.1 Å². The van der Waals surface area contributed by atoms with Crippen molar-refractivity contribution in [1.82, 2.24) is 14.5 Å². The zero-order chi connectivity index (χ0) is 21.1. The number of aromatic nitrogens is 2. The highest BCUT2D eigenvalue weighted by Crippen LogP contribution is 2.27. The molecule has 2 aromatic carbocycles. The molecule has 156 valence electrons. The van der Waals surface area contributed by atoms with Crippen LogP contribution in [0.1, 0.15) is 10.4 Å². The minimum atomic E-state index is -3.63. The van der Waals surface area contributed by atoms with Crippen LogP contribution < -0.4 is 5.32 Å². The van der Waals surface area contributed by atoms with E-state index >= 15 is 0 Å². The highest BCUT2D eigenvalue weighted by atomic mass is 35.5. The van der Waals surface area contributed by atoms with Crippen molar-refractivity contribution in [3.63, 3.8) is 0 Å². The number of sulfonamides is 1. The van der Waals surface area contributed by atoms with Crippen molar-refractivity contribution in [2.24, 2.45) is 0 Å². The maximum absolute atomic E-state index is 12.7. The van der Waals surface area contributed by atoms with Gasteiger partial charge in [0.05, 0.1) is 28.7 Å². The average molecular weight is 449 g/mol. The van der Waals surface area contributed by atoms with Gasteiger partial charge in [0, 0.05) is 18.7 Å². The molecule has 1 aliphatic rings. The summed E-state index contributed by atoms with van der Waals surface area (Å²) in [5.41, 5.74) is 0.790.